The molecular formula is C11H15N3O. The van der Waals surface area contributed by atoms with Crippen molar-refractivity contribution in [2.24, 2.45) is 4.99 Å². The topological polar surface area (TPSA) is 47.9 Å². The molecule has 1 aliphatic rings. The number of aliphatic hydroxyl groups is 1. The molecule has 0 fully saturated rings. The lowest BCUT2D eigenvalue weighted by molar-refractivity contribution is 0.285. The number of rotatable bonds is 2. The molecule has 1 heterocycles. The Morgan fingerprint density at radius 2 is 2.13 bits per heavy atom. The fourth-order valence-corrected chi connectivity index (χ4v) is 1.65. The molecule has 2 N–H and O–H groups in total. The molecule has 15 heavy (non-hydrogen) atoms. The summed E-state index contributed by atoms with van der Waals surface area (Å²) < 4.78 is 0. The van der Waals surface area contributed by atoms with Crippen molar-refractivity contribution >= 4 is 11.6 Å². The van der Waals surface area contributed by atoms with Gasteiger partial charge in [-0.2, -0.15) is 0 Å². The molecule has 0 aliphatic carbocycles. The van der Waals surface area contributed by atoms with Gasteiger partial charge in [0.05, 0.1) is 6.54 Å². The first kappa shape index (κ1) is 9.98. The minimum Gasteiger partial charge on any atom is -0.376 e. The van der Waals surface area contributed by atoms with Crippen molar-refractivity contribution in [3.63, 3.8) is 0 Å². The second-order valence-corrected chi connectivity index (χ2v) is 3.53. The fourth-order valence-electron chi connectivity index (χ4n) is 1.65. The van der Waals surface area contributed by atoms with Gasteiger partial charge in [0.15, 0.2) is 5.96 Å². The van der Waals surface area contributed by atoms with Gasteiger partial charge in [0, 0.05) is 12.2 Å². The number of nitrogens with one attached hydrogen (secondary N) is 1. The average molecular weight is 205 g/mol. The molecule has 0 saturated heterocycles. The van der Waals surface area contributed by atoms with Crippen LogP contribution in [0.25, 0.3) is 0 Å². The molecule has 80 valence electrons. The second kappa shape index (κ2) is 4.31. The van der Waals surface area contributed by atoms with Gasteiger partial charge in [0.2, 0.25) is 0 Å². The first-order valence-electron chi connectivity index (χ1n) is 5.04. The summed E-state index contributed by atoms with van der Waals surface area (Å²) in [4.78, 5) is 6.34. The lowest BCUT2D eigenvalue weighted by Crippen LogP contribution is -2.38. The summed E-state index contributed by atoms with van der Waals surface area (Å²) >= 11 is 0. The number of aliphatic hydroxyl groups excluding tert-OH is 1. The van der Waals surface area contributed by atoms with Gasteiger partial charge in [-0.1, -0.05) is 17.7 Å². The molecule has 0 atom stereocenters. The highest BCUT2D eigenvalue weighted by Gasteiger charge is 2.17. The van der Waals surface area contributed by atoms with E-state index in [1.165, 1.54) is 5.56 Å². The molecule has 0 radical (unpaired) electrons. The van der Waals surface area contributed by atoms with E-state index in [0.717, 1.165) is 24.7 Å². The van der Waals surface area contributed by atoms with Crippen LogP contribution in [0.5, 0.6) is 0 Å². The summed E-state index contributed by atoms with van der Waals surface area (Å²) in [7, 11) is 0. The van der Waals surface area contributed by atoms with Gasteiger partial charge in [-0.15, -0.1) is 0 Å². The smallest absolute Gasteiger partial charge is 0.200 e. The highest BCUT2D eigenvalue weighted by molar-refractivity contribution is 5.97. The maximum Gasteiger partial charge on any atom is 0.200 e. The summed E-state index contributed by atoms with van der Waals surface area (Å²) in [5, 5.41) is 11.7. The number of hydrogen-bond acceptors (Lipinski definition) is 4. The third-order valence-corrected chi connectivity index (χ3v) is 2.42. The lowest BCUT2D eigenvalue weighted by atomic mass is 10.2. The van der Waals surface area contributed by atoms with Gasteiger partial charge in [0.1, 0.15) is 6.73 Å². The van der Waals surface area contributed by atoms with E-state index < -0.39 is 0 Å². The zero-order valence-corrected chi connectivity index (χ0v) is 8.77. The molecule has 0 saturated carbocycles. The highest BCUT2D eigenvalue weighted by atomic mass is 16.3. The number of anilines is 1. The van der Waals surface area contributed by atoms with Crippen molar-refractivity contribution in [1.29, 1.82) is 0 Å². The molecule has 1 aromatic rings. The van der Waals surface area contributed by atoms with Gasteiger partial charge in [0.25, 0.3) is 0 Å². The number of benzene rings is 1. The zero-order valence-electron chi connectivity index (χ0n) is 8.77. The van der Waals surface area contributed by atoms with E-state index in [1.54, 1.807) is 0 Å². The second-order valence-electron chi connectivity index (χ2n) is 3.53. The van der Waals surface area contributed by atoms with Crippen LogP contribution in [0.3, 0.4) is 0 Å². The van der Waals surface area contributed by atoms with Crippen molar-refractivity contribution in [3.8, 4) is 0 Å². The van der Waals surface area contributed by atoms with Crippen molar-refractivity contribution in [2.45, 2.75) is 6.92 Å². The van der Waals surface area contributed by atoms with Crippen LogP contribution in [0, 0.1) is 6.92 Å². The van der Waals surface area contributed by atoms with Crippen LogP contribution in [-0.4, -0.2) is 30.9 Å². The third-order valence-electron chi connectivity index (χ3n) is 2.42. The van der Waals surface area contributed by atoms with Crippen LogP contribution in [0.15, 0.2) is 29.3 Å². The molecule has 0 bridgehead atoms. The van der Waals surface area contributed by atoms with Crippen molar-refractivity contribution in [2.75, 3.05) is 24.7 Å². The Morgan fingerprint density at radius 3 is 2.80 bits per heavy atom. The van der Waals surface area contributed by atoms with Gasteiger partial charge >= 0.3 is 0 Å². The van der Waals surface area contributed by atoms with Crippen LogP contribution in [0.1, 0.15) is 5.56 Å². The minimum absolute atomic E-state index is 0.0821. The molecule has 0 aromatic heterocycles. The van der Waals surface area contributed by atoms with Crippen LogP contribution >= 0.6 is 0 Å². The first-order valence-corrected chi connectivity index (χ1v) is 5.04. The summed E-state index contributed by atoms with van der Waals surface area (Å²) in [6.45, 7) is 3.62. The Morgan fingerprint density at radius 1 is 1.40 bits per heavy atom. The van der Waals surface area contributed by atoms with Crippen LogP contribution in [0.4, 0.5) is 5.69 Å². The fraction of sp³-hybridized carbons (Fsp3) is 0.364. The minimum atomic E-state index is -0.0821. The monoisotopic (exact) mass is 205 g/mol. The van der Waals surface area contributed by atoms with E-state index in [0.29, 0.717) is 0 Å². The Kier molecular flexibility index (Phi) is 2.87. The molecular weight excluding hydrogens is 190 g/mol. The number of hydrogen-bond donors (Lipinski definition) is 2. The molecule has 0 amide bonds. The maximum absolute atomic E-state index is 8.82. The molecule has 0 unspecified atom stereocenters. The zero-order chi connectivity index (χ0) is 10.7. The highest BCUT2D eigenvalue weighted by Crippen LogP contribution is 2.17. The predicted octanol–water partition coefficient (Wildman–Crippen LogP) is 0.710. The Labute approximate surface area is 89.2 Å². The molecule has 0 spiro atoms. The van der Waals surface area contributed by atoms with E-state index in [4.69, 9.17) is 5.11 Å². The predicted molar refractivity (Wildman–Crippen MR) is 61.0 cm³/mol. The van der Waals surface area contributed by atoms with Crippen molar-refractivity contribution in [3.05, 3.63) is 29.8 Å². The van der Waals surface area contributed by atoms with Gasteiger partial charge < -0.3 is 15.3 Å². The molecule has 2 rings (SSSR count). The summed E-state index contributed by atoms with van der Waals surface area (Å²) in [5.41, 5.74) is 2.35. The van der Waals surface area contributed by atoms with Gasteiger partial charge in [-0.05, 0) is 19.1 Å². The largest absolute Gasteiger partial charge is 0.376 e. The standard InChI is InChI=1S/C11H15N3O/c1-9-2-4-10(5-3-9)14-7-6-12-11(14)13-8-15/h2-5,15H,6-8H2,1H3,(H,12,13). The normalized spacial score (nSPS) is 15.3. The molecule has 1 aromatic carbocycles. The Balaban J connectivity index is 2.17. The lowest BCUT2D eigenvalue weighted by Gasteiger charge is -2.20. The Hall–Kier alpha value is -1.55. The van der Waals surface area contributed by atoms with Crippen molar-refractivity contribution < 1.29 is 5.11 Å². The number of aryl methyl sites for hydroxylation is 1. The van der Waals surface area contributed by atoms with E-state index in [2.05, 4.69) is 46.4 Å². The number of aliphatic imine (C=N–C) groups is 1. The molecule has 4 heteroatoms. The van der Waals surface area contributed by atoms with Gasteiger partial charge in [-0.25, -0.2) is 0 Å². The van der Waals surface area contributed by atoms with Crippen LogP contribution < -0.4 is 10.2 Å². The average Bonchev–Trinajstić information content (AvgIpc) is 2.68. The van der Waals surface area contributed by atoms with E-state index in [9.17, 15) is 0 Å². The van der Waals surface area contributed by atoms with Crippen molar-refractivity contribution in [1.82, 2.24) is 5.32 Å². The summed E-state index contributed by atoms with van der Waals surface area (Å²) in [6, 6.07) is 8.28. The van der Waals surface area contributed by atoms with E-state index in [-0.39, 0.29) is 6.73 Å². The molecule has 1 aliphatic heterocycles. The van der Waals surface area contributed by atoms with E-state index >= 15 is 0 Å². The Bertz CT molecular complexity index is 359. The summed E-state index contributed by atoms with van der Waals surface area (Å²) in [5.74, 6) is 0.751. The van der Waals surface area contributed by atoms with Crippen LogP contribution in [-0.2, 0) is 0 Å². The number of guanidine groups is 1. The quantitative estimate of drug-likeness (QED) is 0.699. The SMILES string of the molecule is Cc1ccc(N2CCN=C2NCO)cc1. The van der Waals surface area contributed by atoms with Crippen LogP contribution in [0.2, 0.25) is 0 Å². The maximum atomic E-state index is 8.82. The first-order chi connectivity index (χ1) is 7.31. The third kappa shape index (κ3) is 2.10. The number of nitrogens with zero attached hydrogens (tertiary/aromatic N) is 2. The molecule has 4 nitrogen and oxygen atoms in total. The van der Waals surface area contributed by atoms with Gasteiger partial charge in [-0.3, -0.25) is 4.99 Å². The summed E-state index contributed by atoms with van der Waals surface area (Å²) in [6.07, 6.45) is 0. The van der Waals surface area contributed by atoms with E-state index in [1.807, 2.05) is 0 Å².